The number of alkyl halides is 2. The van der Waals surface area contributed by atoms with Gasteiger partial charge in [-0.3, -0.25) is 0 Å². The number of amides is 2. The molecule has 0 aromatic heterocycles. The fraction of sp³-hybridized carbons (Fsp3) is 0.381. The van der Waals surface area contributed by atoms with E-state index in [4.69, 9.17) is 4.74 Å². The summed E-state index contributed by atoms with van der Waals surface area (Å²) < 4.78 is 46.6. The molecule has 2 aromatic rings. The van der Waals surface area contributed by atoms with Crippen LogP contribution in [0.5, 0.6) is 5.75 Å². The predicted octanol–water partition coefficient (Wildman–Crippen LogP) is 3.61. The Labute approximate surface area is 165 Å². The summed E-state index contributed by atoms with van der Waals surface area (Å²) in [7, 11) is 0. The minimum atomic E-state index is -1.65. The molecule has 0 fully saturated rings. The number of urea groups is 1. The normalized spacial score (nSPS) is 21.7. The molecule has 1 aliphatic carbocycles. The second-order valence-corrected chi connectivity index (χ2v) is 7.56. The Morgan fingerprint density at radius 2 is 1.86 bits per heavy atom. The number of rotatable bonds is 4. The summed E-state index contributed by atoms with van der Waals surface area (Å²) in [5.41, 5.74) is 0.327. The van der Waals surface area contributed by atoms with Gasteiger partial charge in [0.1, 0.15) is 24.9 Å². The van der Waals surface area contributed by atoms with Crippen molar-refractivity contribution in [1.82, 2.24) is 5.32 Å². The Bertz CT molecular complexity index is 933. The molecule has 1 heterocycles. The number of aliphatic hydroxyl groups excluding tert-OH is 1. The molecular weight excluding hydrogens is 385 g/mol. The van der Waals surface area contributed by atoms with Gasteiger partial charge in [0, 0.05) is 30.5 Å². The van der Waals surface area contributed by atoms with Gasteiger partial charge in [0.15, 0.2) is 5.60 Å². The van der Waals surface area contributed by atoms with Gasteiger partial charge >= 0.3 is 6.03 Å². The number of anilines is 1. The number of aliphatic hydroxyl groups is 1. The maximum absolute atomic E-state index is 14.0. The molecule has 2 amide bonds. The molecule has 0 saturated carbocycles. The minimum Gasteiger partial charge on any atom is -0.481 e. The molecular formula is C21H21F3N2O3. The zero-order chi connectivity index (χ0) is 20.6. The summed E-state index contributed by atoms with van der Waals surface area (Å²) in [6, 6.07) is 8.21. The number of ether oxygens (including phenoxy) is 1. The average Bonchev–Trinajstić information content (AvgIpc) is 3.12. The van der Waals surface area contributed by atoms with Crippen LogP contribution in [-0.2, 0) is 12.8 Å². The monoisotopic (exact) mass is 406 g/mol. The van der Waals surface area contributed by atoms with E-state index in [1.165, 1.54) is 12.1 Å². The first kappa shape index (κ1) is 19.6. The van der Waals surface area contributed by atoms with Crippen molar-refractivity contribution in [2.24, 2.45) is 0 Å². The van der Waals surface area contributed by atoms with Crippen molar-refractivity contribution >= 4 is 11.7 Å². The molecule has 0 radical (unpaired) electrons. The zero-order valence-corrected chi connectivity index (χ0v) is 15.6. The molecule has 3 N–H and O–H groups in total. The summed E-state index contributed by atoms with van der Waals surface area (Å²) in [6.07, 6.45) is -0.316. The SMILES string of the molecule is O=C(Nc1ccc(F)c2c1C[C@@H](O)C2)N[C@@H]1CC(CF)(CF)Oc2ccccc21. The Balaban J connectivity index is 1.55. The third-order valence-corrected chi connectivity index (χ3v) is 5.49. The van der Waals surface area contributed by atoms with Crippen LogP contribution in [0.4, 0.5) is 23.7 Å². The second kappa shape index (κ2) is 7.59. The van der Waals surface area contributed by atoms with E-state index in [0.717, 1.165) is 0 Å². The van der Waals surface area contributed by atoms with Gasteiger partial charge in [0.25, 0.3) is 0 Å². The van der Waals surface area contributed by atoms with Crippen LogP contribution in [0.1, 0.15) is 29.2 Å². The maximum atomic E-state index is 14.0. The molecule has 2 atom stereocenters. The van der Waals surface area contributed by atoms with E-state index in [1.807, 2.05) is 0 Å². The average molecular weight is 406 g/mol. The van der Waals surface area contributed by atoms with Crippen molar-refractivity contribution in [3.05, 3.63) is 58.9 Å². The van der Waals surface area contributed by atoms with Crippen LogP contribution in [0.15, 0.2) is 36.4 Å². The molecule has 0 unspecified atom stereocenters. The fourth-order valence-corrected chi connectivity index (χ4v) is 4.04. The summed E-state index contributed by atoms with van der Waals surface area (Å²) in [6.45, 7) is -2.05. The van der Waals surface area contributed by atoms with E-state index in [0.29, 0.717) is 28.1 Å². The van der Waals surface area contributed by atoms with Crippen molar-refractivity contribution < 1.29 is 27.8 Å². The summed E-state index contributed by atoms with van der Waals surface area (Å²) in [5, 5.41) is 15.3. The molecule has 154 valence electrons. The van der Waals surface area contributed by atoms with Crippen LogP contribution < -0.4 is 15.4 Å². The van der Waals surface area contributed by atoms with Crippen LogP contribution >= 0.6 is 0 Å². The Morgan fingerprint density at radius 3 is 2.62 bits per heavy atom. The molecule has 8 heteroatoms. The number of para-hydroxylation sites is 1. The van der Waals surface area contributed by atoms with Gasteiger partial charge in [-0.25, -0.2) is 18.0 Å². The van der Waals surface area contributed by atoms with Gasteiger partial charge in [-0.2, -0.15) is 0 Å². The van der Waals surface area contributed by atoms with Crippen molar-refractivity contribution in [3.63, 3.8) is 0 Å². The number of fused-ring (bicyclic) bond motifs is 2. The number of carbonyl (C=O) groups excluding carboxylic acids is 1. The van der Waals surface area contributed by atoms with Crippen molar-refractivity contribution in [3.8, 4) is 5.75 Å². The van der Waals surface area contributed by atoms with Crippen LogP contribution in [-0.4, -0.2) is 36.2 Å². The number of halogens is 3. The van der Waals surface area contributed by atoms with E-state index >= 15 is 0 Å². The lowest BCUT2D eigenvalue weighted by atomic mass is 9.88. The molecule has 0 spiro atoms. The van der Waals surface area contributed by atoms with Gasteiger partial charge in [-0.15, -0.1) is 0 Å². The second-order valence-electron chi connectivity index (χ2n) is 7.56. The van der Waals surface area contributed by atoms with E-state index in [1.54, 1.807) is 24.3 Å². The lowest BCUT2D eigenvalue weighted by molar-refractivity contribution is -0.0105. The van der Waals surface area contributed by atoms with Crippen LogP contribution in [0.2, 0.25) is 0 Å². The van der Waals surface area contributed by atoms with Crippen molar-refractivity contribution in [1.29, 1.82) is 0 Å². The Hall–Kier alpha value is -2.74. The molecule has 2 aromatic carbocycles. The molecule has 0 saturated heterocycles. The third kappa shape index (κ3) is 3.64. The number of hydrogen-bond acceptors (Lipinski definition) is 3. The minimum absolute atomic E-state index is 0.0648. The summed E-state index contributed by atoms with van der Waals surface area (Å²) in [5.74, 6) is -0.0957. The van der Waals surface area contributed by atoms with Crippen LogP contribution in [0.3, 0.4) is 0 Å². The smallest absolute Gasteiger partial charge is 0.319 e. The van der Waals surface area contributed by atoms with Crippen molar-refractivity contribution in [2.45, 2.75) is 37.0 Å². The molecule has 29 heavy (non-hydrogen) atoms. The zero-order valence-electron chi connectivity index (χ0n) is 15.6. The lowest BCUT2D eigenvalue weighted by Crippen LogP contribution is -2.49. The molecule has 0 bridgehead atoms. The topological polar surface area (TPSA) is 70.6 Å². The highest BCUT2D eigenvalue weighted by Gasteiger charge is 2.42. The molecule has 4 rings (SSSR count). The van der Waals surface area contributed by atoms with Gasteiger partial charge < -0.3 is 20.5 Å². The number of benzene rings is 2. The third-order valence-electron chi connectivity index (χ3n) is 5.49. The lowest BCUT2D eigenvalue weighted by Gasteiger charge is -2.39. The van der Waals surface area contributed by atoms with Gasteiger partial charge in [-0.05, 0) is 29.3 Å². The number of carbonyl (C=O) groups is 1. The number of hydrogen-bond donors (Lipinski definition) is 3. The van der Waals surface area contributed by atoms with E-state index in [9.17, 15) is 23.1 Å². The highest BCUT2D eigenvalue weighted by Crippen LogP contribution is 2.40. The van der Waals surface area contributed by atoms with E-state index < -0.39 is 42.9 Å². The van der Waals surface area contributed by atoms with Crippen LogP contribution in [0, 0.1) is 5.82 Å². The first-order valence-electron chi connectivity index (χ1n) is 9.40. The molecule has 5 nitrogen and oxygen atoms in total. The van der Waals surface area contributed by atoms with Crippen molar-refractivity contribution in [2.75, 3.05) is 18.7 Å². The standard InChI is InChI=1S/C21H21F3N2O3/c22-10-21(11-23)9-18(13-3-1-2-4-19(13)29-21)26-20(28)25-17-6-5-16(24)14-7-12(27)8-15(14)17/h1-6,12,18,27H,7-11H2,(H2,25,26,28)/t12-,18+/m0/s1. The van der Waals surface area contributed by atoms with Crippen LogP contribution in [0.25, 0.3) is 0 Å². The molecule has 2 aliphatic rings. The quantitative estimate of drug-likeness (QED) is 0.727. The highest BCUT2D eigenvalue weighted by atomic mass is 19.1. The van der Waals surface area contributed by atoms with Gasteiger partial charge in [0.05, 0.1) is 12.1 Å². The predicted molar refractivity (Wildman–Crippen MR) is 101 cm³/mol. The first-order chi connectivity index (χ1) is 13.9. The maximum Gasteiger partial charge on any atom is 0.319 e. The van der Waals surface area contributed by atoms with Gasteiger partial charge in [0.2, 0.25) is 0 Å². The fourth-order valence-electron chi connectivity index (χ4n) is 4.04. The molecule has 1 aliphatic heterocycles. The summed E-state index contributed by atoms with van der Waals surface area (Å²) in [4.78, 5) is 12.6. The summed E-state index contributed by atoms with van der Waals surface area (Å²) >= 11 is 0. The highest BCUT2D eigenvalue weighted by molar-refractivity contribution is 5.91. The number of nitrogens with one attached hydrogen (secondary N) is 2. The van der Waals surface area contributed by atoms with Gasteiger partial charge in [-0.1, -0.05) is 18.2 Å². The van der Waals surface area contributed by atoms with E-state index in [2.05, 4.69) is 10.6 Å². The largest absolute Gasteiger partial charge is 0.481 e. The first-order valence-corrected chi connectivity index (χ1v) is 9.40. The Kier molecular flexibility index (Phi) is 5.12. The van der Waals surface area contributed by atoms with E-state index in [-0.39, 0.29) is 19.3 Å². The Morgan fingerprint density at radius 1 is 1.14 bits per heavy atom.